The number of aromatic hydroxyl groups is 1. The van der Waals surface area contributed by atoms with Crippen molar-refractivity contribution in [1.82, 2.24) is 15.0 Å². The van der Waals surface area contributed by atoms with Gasteiger partial charge in [0.2, 0.25) is 5.95 Å². The maximum Gasteiger partial charge on any atom is 0.416 e. The molecule has 0 unspecified atom stereocenters. The Hall–Kier alpha value is -5.50. The van der Waals surface area contributed by atoms with Crippen LogP contribution in [0.5, 0.6) is 5.75 Å². The van der Waals surface area contributed by atoms with Crippen LogP contribution in [0.2, 0.25) is 0 Å². The van der Waals surface area contributed by atoms with E-state index in [2.05, 4.69) is 20.3 Å². The van der Waals surface area contributed by atoms with Crippen LogP contribution in [0.4, 0.5) is 24.8 Å². The van der Waals surface area contributed by atoms with Crippen LogP contribution in [0.1, 0.15) is 27.2 Å². The molecule has 0 saturated carbocycles. The number of alkyl halides is 3. The zero-order valence-electron chi connectivity index (χ0n) is 20.8. The summed E-state index contributed by atoms with van der Waals surface area (Å²) in [5.74, 6) is -0.809. The highest BCUT2D eigenvalue weighted by atomic mass is 19.4. The van der Waals surface area contributed by atoms with Crippen molar-refractivity contribution in [2.45, 2.75) is 13.1 Å². The van der Waals surface area contributed by atoms with Gasteiger partial charge in [0.1, 0.15) is 17.5 Å². The third-order valence-electron chi connectivity index (χ3n) is 6.27. The number of nitrogens with one attached hydrogen (secondary N) is 1. The van der Waals surface area contributed by atoms with E-state index in [0.29, 0.717) is 38.7 Å². The summed E-state index contributed by atoms with van der Waals surface area (Å²) in [6, 6.07) is 15.8. The number of fused-ring (bicyclic) bond motifs is 1. The summed E-state index contributed by atoms with van der Waals surface area (Å²) in [6.45, 7) is 1.79. The molecule has 0 radical (unpaired) electrons. The zero-order valence-corrected chi connectivity index (χ0v) is 20.8. The molecule has 0 bridgehead atoms. The van der Waals surface area contributed by atoms with Gasteiger partial charge in [-0.1, -0.05) is 12.1 Å². The van der Waals surface area contributed by atoms with Crippen molar-refractivity contribution in [2.24, 2.45) is 0 Å². The lowest BCUT2D eigenvalue weighted by atomic mass is 9.92. The van der Waals surface area contributed by atoms with E-state index >= 15 is 0 Å². The number of hydrogen-bond donors (Lipinski definition) is 3. The van der Waals surface area contributed by atoms with Crippen molar-refractivity contribution >= 4 is 28.4 Å². The highest BCUT2D eigenvalue weighted by Crippen LogP contribution is 2.44. The first-order valence-corrected chi connectivity index (χ1v) is 11.8. The van der Waals surface area contributed by atoms with Gasteiger partial charge < -0.3 is 16.2 Å². The van der Waals surface area contributed by atoms with Gasteiger partial charge in [-0.05, 0) is 66.6 Å². The summed E-state index contributed by atoms with van der Waals surface area (Å²) in [6.07, 6.45) is -1.62. The van der Waals surface area contributed by atoms with Gasteiger partial charge in [0, 0.05) is 40.2 Å². The second kappa shape index (κ2) is 9.99. The lowest BCUT2D eigenvalue weighted by molar-refractivity contribution is -0.137. The average Bonchev–Trinajstić information content (AvgIpc) is 2.93. The Bertz CT molecular complexity index is 1830. The Balaban J connectivity index is 1.61. The molecule has 0 spiro atoms. The molecule has 8 nitrogen and oxygen atoms in total. The summed E-state index contributed by atoms with van der Waals surface area (Å²) in [4.78, 5) is 25.5. The van der Waals surface area contributed by atoms with Crippen LogP contribution in [-0.2, 0) is 6.18 Å². The number of phenolic OH excluding ortho intramolecular Hbond substituents is 1. The van der Waals surface area contributed by atoms with Gasteiger partial charge in [0.05, 0.1) is 16.6 Å². The number of nitrogen functional groups attached to an aromatic ring is 1. The number of pyridine rings is 1. The number of aryl methyl sites for hydroxylation is 1. The van der Waals surface area contributed by atoms with Gasteiger partial charge in [-0.25, -0.2) is 15.0 Å². The molecule has 1 amide bonds. The van der Waals surface area contributed by atoms with E-state index < -0.39 is 17.6 Å². The first kappa shape index (κ1) is 26.1. The molecule has 2 heterocycles. The molecule has 0 atom stereocenters. The number of nitrogens with zero attached hydrogens (tertiary/aromatic N) is 4. The fraction of sp³-hybridized carbons (Fsp3) is 0.0690. The second-order valence-corrected chi connectivity index (χ2v) is 8.92. The Morgan fingerprint density at radius 3 is 2.52 bits per heavy atom. The maximum absolute atomic E-state index is 13.1. The summed E-state index contributed by atoms with van der Waals surface area (Å²) < 4.78 is 39.3. The Kier molecular flexibility index (Phi) is 6.53. The molecule has 198 valence electrons. The molecular weight excluding hydrogens is 521 g/mol. The predicted molar refractivity (Wildman–Crippen MR) is 143 cm³/mol. The molecule has 0 aliphatic carbocycles. The molecule has 0 fully saturated rings. The highest BCUT2D eigenvalue weighted by Gasteiger charge is 2.30. The van der Waals surface area contributed by atoms with Crippen LogP contribution in [0.15, 0.2) is 73.1 Å². The number of carbonyl (C=O) groups is 1. The topological polar surface area (TPSA) is 138 Å². The number of benzene rings is 3. The molecule has 0 aliphatic heterocycles. The van der Waals surface area contributed by atoms with Crippen LogP contribution in [0.25, 0.3) is 33.2 Å². The Morgan fingerprint density at radius 2 is 1.82 bits per heavy atom. The van der Waals surface area contributed by atoms with E-state index in [4.69, 9.17) is 11.0 Å². The minimum atomic E-state index is -4.55. The number of amides is 1. The third-order valence-corrected chi connectivity index (χ3v) is 6.27. The number of hydrogen-bond acceptors (Lipinski definition) is 7. The first-order chi connectivity index (χ1) is 19.0. The van der Waals surface area contributed by atoms with Crippen molar-refractivity contribution < 1.29 is 23.1 Å². The molecule has 5 rings (SSSR count). The van der Waals surface area contributed by atoms with Gasteiger partial charge in [0.15, 0.2) is 0 Å². The first-order valence-electron chi connectivity index (χ1n) is 11.8. The van der Waals surface area contributed by atoms with Gasteiger partial charge in [0.25, 0.3) is 5.91 Å². The number of anilines is 2. The Morgan fingerprint density at radius 1 is 1.02 bits per heavy atom. The average molecular weight is 541 g/mol. The van der Waals surface area contributed by atoms with Crippen LogP contribution in [-0.4, -0.2) is 26.0 Å². The molecule has 0 saturated heterocycles. The maximum atomic E-state index is 13.1. The van der Waals surface area contributed by atoms with E-state index in [1.54, 1.807) is 25.1 Å². The predicted octanol–water partition coefficient (Wildman–Crippen LogP) is 6.10. The van der Waals surface area contributed by atoms with Crippen LogP contribution in [0, 0.1) is 18.3 Å². The number of phenols is 1. The minimum Gasteiger partial charge on any atom is -0.507 e. The number of carbonyl (C=O) groups excluding carboxylic acids is 1. The lowest BCUT2D eigenvalue weighted by Crippen LogP contribution is -2.13. The molecule has 40 heavy (non-hydrogen) atoms. The van der Waals surface area contributed by atoms with Crippen LogP contribution < -0.4 is 11.1 Å². The van der Waals surface area contributed by atoms with Crippen molar-refractivity contribution in [2.75, 3.05) is 11.1 Å². The fourth-order valence-corrected chi connectivity index (χ4v) is 4.30. The number of nitrogens with two attached hydrogens (primary N) is 1. The molecule has 2 aromatic heterocycles. The highest BCUT2D eigenvalue weighted by molar-refractivity contribution is 6.06. The zero-order chi connectivity index (χ0) is 28.6. The number of rotatable bonds is 4. The van der Waals surface area contributed by atoms with Crippen LogP contribution in [0.3, 0.4) is 0 Å². The monoisotopic (exact) mass is 540 g/mol. The summed E-state index contributed by atoms with van der Waals surface area (Å²) in [5.41, 5.74) is 7.96. The van der Waals surface area contributed by atoms with E-state index in [1.165, 1.54) is 42.7 Å². The second-order valence-electron chi connectivity index (χ2n) is 8.92. The quantitative estimate of drug-likeness (QED) is 0.250. The minimum absolute atomic E-state index is 0.00746. The fourth-order valence-electron chi connectivity index (χ4n) is 4.30. The van der Waals surface area contributed by atoms with Crippen molar-refractivity contribution in [3.63, 3.8) is 0 Å². The Labute approximate surface area is 225 Å². The molecule has 11 heteroatoms. The van der Waals surface area contributed by atoms with Crippen LogP contribution >= 0.6 is 0 Å². The van der Waals surface area contributed by atoms with E-state index in [-0.39, 0.29) is 28.6 Å². The van der Waals surface area contributed by atoms with Gasteiger partial charge in [-0.15, -0.1) is 0 Å². The normalized spacial score (nSPS) is 11.3. The number of halogens is 3. The van der Waals surface area contributed by atoms with Gasteiger partial charge in [-0.3, -0.25) is 4.79 Å². The number of aromatic nitrogens is 3. The molecular formula is C29H19F3N6O2. The lowest BCUT2D eigenvalue weighted by Gasteiger charge is -2.16. The molecule has 3 aromatic carbocycles. The molecule has 4 N–H and O–H groups in total. The SMILES string of the molecule is Cc1ccc(C(=O)Nc2cccc(C(F)(F)F)c2)cc1-c1cc2cnc(N)nc2c(-c2ccc(C#N)nc2)c1O. The number of nitriles is 1. The third kappa shape index (κ3) is 4.98. The van der Waals surface area contributed by atoms with Crippen molar-refractivity contribution in [3.8, 4) is 34.1 Å². The van der Waals surface area contributed by atoms with E-state index in [1.807, 2.05) is 6.07 Å². The van der Waals surface area contributed by atoms with Gasteiger partial charge in [-0.2, -0.15) is 18.4 Å². The molecule has 0 aliphatic rings. The summed E-state index contributed by atoms with van der Waals surface area (Å²) >= 11 is 0. The molecule has 5 aromatic rings. The van der Waals surface area contributed by atoms with E-state index in [0.717, 1.165) is 12.1 Å². The summed E-state index contributed by atoms with van der Waals surface area (Å²) in [5, 5.41) is 23.7. The van der Waals surface area contributed by atoms with Crippen molar-refractivity contribution in [1.29, 1.82) is 5.26 Å². The van der Waals surface area contributed by atoms with E-state index in [9.17, 15) is 23.1 Å². The standard InChI is InChI=1S/C29H19F3N6O2/c1-15-5-6-16(27(40)37-20-4-2-3-19(11-20)29(30,31)32)9-22(15)23-10-18-14-36-28(34)38-25(18)24(26(23)39)17-7-8-21(12-33)35-13-17/h2-11,13-14,39H,1H3,(H,37,40)(H2,34,36,38). The summed E-state index contributed by atoms with van der Waals surface area (Å²) in [7, 11) is 0. The smallest absolute Gasteiger partial charge is 0.416 e. The van der Waals surface area contributed by atoms with Crippen molar-refractivity contribution in [3.05, 3.63) is 95.4 Å². The largest absolute Gasteiger partial charge is 0.507 e. The van der Waals surface area contributed by atoms with Gasteiger partial charge >= 0.3 is 6.18 Å².